The van der Waals surface area contributed by atoms with Crippen LogP contribution in [0.15, 0.2) is 12.4 Å². The Morgan fingerprint density at radius 3 is 2.73 bits per heavy atom. The van der Waals surface area contributed by atoms with Crippen molar-refractivity contribution >= 4 is 5.91 Å². The van der Waals surface area contributed by atoms with Crippen LogP contribution in [0.1, 0.15) is 19.4 Å². The highest BCUT2D eigenvalue weighted by atomic mass is 16.1. The Kier molecular flexibility index (Phi) is 3.85. The van der Waals surface area contributed by atoms with Crippen molar-refractivity contribution < 1.29 is 4.79 Å². The molecule has 0 spiro atoms. The topological polar surface area (TPSA) is 72.9 Å². The minimum Gasteiger partial charge on any atom is -0.368 e. The van der Waals surface area contributed by atoms with Crippen molar-refractivity contribution in [3.63, 3.8) is 0 Å². The van der Waals surface area contributed by atoms with Crippen LogP contribution >= 0.6 is 0 Å². The number of nitrogens with zero attached hydrogens (tertiary/aromatic N) is 2. The smallest absolute Gasteiger partial charge is 0.234 e. The Balaban J connectivity index is 2.50. The van der Waals surface area contributed by atoms with Crippen molar-refractivity contribution in [3.8, 4) is 0 Å². The third kappa shape index (κ3) is 3.36. The summed E-state index contributed by atoms with van der Waals surface area (Å²) in [5.74, 6) is -0.118. The molecule has 1 amide bonds. The lowest BCUT2D eigenvalue weighted by atomic mass is 10.0. The second kappa shape index (κ2) is 4.93. The molecule has 0 aliphatic rings. The van der Waals surface area contributed by atoms with Gasteiger partial charge in [0, 0.05) is 25.4 Å². The molecule has 0 aliphatic carbocycles. The van der Waals surface area contributed by atoms with Crippen molar-refractivity contribution in [2.24, 2.45) is 18.7 Å². The molecule has 3 N–H and O–H groups in total. The van der Waals surface area contributed by atoms with E-state index in [1.54, 1.807) is 10.9 Å². The predicted molar refractivity (Wildman–Crippen MR) is 57.9 cm³/mol. The number of aryl methyl sites for hydroxylation is 1. The first-order valence-corrected chi connectivity index (χ1v) is 5.01. The molecule has 0 saturated heterocycles. The van der Waals surface area contributed by atoms with Crippen LogP contribution in [0.5, 0.6) is 0 Å². The van der Waals surface area contributed by atoms with E-state index in [9.17, 15) is 4.79 Å². The summed E-state index contributed by atoms with van der Waals surface area (Å²) >= 11 is 0. The Labute approximate surface area is 89.6 Å². The summed E-state index contributed by atoms with van der Waals surface area (Å²) in [6.45, 7) is 4.54. The number of amides is 1. The number of rotatable bonds is 5. The summed E-state index contributed by atoms with van der Waals surface area (Å²) in [6.07, 6.45) is 3.68. The number of nitrogens with two attached hydrogens (primary N) is 1. The van der Waals surface area contributed by atoms with Gasteiger partial charge in [0.15, 0.2) is 0 Å². The molecule has 1 aromatic heterocycles. The lowest BCUT2D eigenvalue weighted by Gasteiger charge is -2.18. The second-order valence-electron chi connectivity index (χ2n) is 4.03. The quantitative estimate of drug-likeness (QED) is 0.719. The average Bonchev–Trinajstić information content (AvgIpc) is 2.50. The monoisotopic (exact) mass is 210 g/mol. The van der Waals surface area contributed by atoms with Crippen LogP contribution in [-0.4, -0.2) is 21.7 Å². The molecule has 1 unspecified atom stereocenters. The standard InChI is InChI=1S/C10H18N4O/c1-7(2)9(10(11)15)12-4-8-5-13-14(3)6-8/h5-7,9,12H,4H2,1-3H3,(H2,11,15). The van der Waals surface area contributed by atoms with Gasteiger partial charge in [-0.15, -0.1) is 0 Å². The van der Waals surface area contributed by atoms with E-state index < -0.39 is 0 Å². The first-order valence-electron chi connectivity index (χ1n) is 5.01. The van der Waals surface area contributed by atoms with Gasteiger partial charge in [-0.05, 0) is 5.92 Å². The number of hydrogen-bond acceptors (Lipinski definition) is 3. The van der Waals surface area contributed by atoms with Crippen molar-refractivity contribution in [3.05, 3.63) is 18.0 Å². The summed E-state index contributed by atoms with van der Waals surface area (Å²) in [7, 11) is 1.86. The predicted octanol–water partition coefficient (Wildman–Crippen LogP) is 0.0196. The molecule has 1 rings (SSSR count). The van der Waals surface area contributed by atoms with E-state index in [1.165, 1.54) is 0 Å². The van der Waals surface area contributed by atoms with Crippen LogP contribution < -0.4 is 11.1 Å². The minimum absolute atomic E-state index is 0.194. The Hall–Kier alpha value is -1.36. The van der Waals surface area contributed by atoms with E-state index in [2.05, 4.69) is 10.4 Å². The number of aromatic nitrogens is 2. The molecule has 5 nitrogen and oxygen atoms in total. The number of primary amides is 1. The van der Waals surface area contributed by atoms with Gasteiger partial charge in [0.1, 0.15) is 0 Å². The summed E-state index contributed by atoms with van der Waals surface area (Å²) < 4.78 is 1.73. The molecular formula is C10H18N4O. The normalized spacial score (nSPS) is 13.1. The largest absolute Gasteiger partial charge is 0.368 e. The molecule has 5 heteroatoms. The first kappa shape index (κ1) is 11.7. The van der Waals surface area contributed by atoms with Gasteiger partial charge in [-0.1, -0.05) is 13.8 Å². The van der Waals surface area contributed by atoms with Crippen LogP contribution in [0, 0.1) is 5.92 Å². The highest BCUT2D eigenvalue weighted by molar-refractivity contribution is 5.80. The van der Waals surface area contributed by atoms with E-state index >= 15 is 0 Å². The second-order valence-corrected chi connectivity index (χ2v) is 4.03. The average molecular weight is 210 g/mol. The van der Waals surface area contributed by atoms with Crippen LogP contribution in [-0.2, 0) is 18.4 Å². The third-order valence-electron chi connectivity index (χ3n) is 2.26. The van der Waals surface area contributed by atoms with Gasteiger partial charge in [-0.3, -0.25) is 9.48 Å². The maximum atomic E-state index is 11.1. The molecule has 15 heavy (non-hydrogen) atoms. The molecule has 1 atom stereocenters. The molecule has 0 fully saturated rings. The van der Waals surface area contributed by atoms with Gasteiger partial charge < -0.3 is 11.1 Å². The van der Waals surface area contributed by atoms with E-state index in [-0.39, 0.29) is 17.9 Å². The summed E-state index contributed by atoms with van der Waals surface area (Å²) in [4.78, 5) is 11.1. The number of carbonyl (C=O) groups is 1. The zero-order chi connectivity index (χ0) is 11.4. The van der Waals surface area contributed by atoms with Gasteiger partial charge in [-0.2, -0.15) is 5.10 Å². The fourth-order valence-corrected chi connectivity index (χ4v) is 1.46. The van der Waals surface area contributed by atoms with Crippen molar-refractivity contribution in [1.29, 1.82) is 0 Å². The molecule has 0 radical (unpaired) electrons. The zero-order valence-electron chi connectivity index (χ0n) is 9.40. The lowest BCUT2D eigenvalue weighted by molar-refractivity contribution is -0.121. The molecule has 0 aliphatic heterocycles. The van der Waals surface area contributed by atoms with Gasteiger partial charge in [0.2, 0.25) is 5.91 Å². The highest BCUT2D eigenvalue weighted by Crippen LogP contribution is 2.03. The Morgan fingerprint density at radius 2 is 2.33 bits per heavy atom. The summed E-state index contributed by atoms with van der Waals surface area (Å²) in [5, 5.41) is 7.17. The zero-order valence-corrected chi connectivity index (χ0v) is 9.40. The SMILES string of the molecule is CC(C)C(NCc1cnn(C)c1)C(N)=O. The van der Waals surface area contributed by atoms with Crippen molar-refractivity contribution in [2.75, 3.05) is 0 Å². The van der Waals surface area contributed by atoms with Gasteiger partial charge in [0.25, 0.3) is 0 Å². The van der Waals surface area contributed by atoms with Gasteiger partial charge in [0.05, 0.1) is 12.2 Å². The summed E-state index contributed by atoms with van der Waals surface area (Å²) in [5.41, 5.74) is 6.33. The number of hydrogen-bond donors (Lipinski definition) is 2. The molecule has 1 aromatic rings. The van der Waals surface area contributed by atoms with E-state index in [1.807, 2.05) is 27.1 Å². The van der Waals surface area contributed by atoms with Crippen LogP contribution in [0.3, 0.4) is 0 Å². The summed E-state index contributed by atoms with van der Waals surface area (Å²) in [6, 6.07) is -0.287. The Bertz CT molecular complexity index is 332. The van der Waals surface area contributed by atoms with Crippen LogP contribution in [0.25, 0.3) is 0 Å². The molecule has 84 valence electrons. The maximum Gasteiger partial charge on any atom is 0.234 e. The van der Waals surface area contributed by atoms with E-state index in [0.29, 0.717) is 6.54 Å². The van der Waals surface area contributed by atoms with E-state index in [0.717, 1.165) is 5.56 Å². The molecule has 0 bridgehead atoms. The maximum absolute atomic E-state index is 11.1. The van der Waals surface area contributed by atoms with E-state index in [4.69, 9.17) is 5.73 Å². The minimum atomic E-state index is -0.311. The van der Waals surface area contributed by atoms with Gasteiger partial charge >= 0.3 is 0 Å². The number of carbonyl (C=O) groups excluding carboxylic acids is 1. The fourth-order valence-electron chi connectivity index (χ4n) is 1.46. The molecule has 0 saturated carbocycles. The fraction of sp³-hybridized carbons (Fsp3) is 0.600. The first-order chi connectivity index (χ1) is 7.00. The van der Waals surface area contributed by atoms with Crippen molar-refractivity contribution in [1.82, 2.24) is 15.1 Å². The number of nitrogens with one attached hydrogen (secondary N) is 1. The molecule has 1 heterocycles. The lowest BCUT2D eigenvalue weighted by Crippen LogP contribution is -2.44. The Morgan fingerprint density at radius 1 is 1.67 bits per heavy atom. The van der Waals surface area contributed by atoms with Gasteiger partial charge in [-0.25, -0.2) is 0 Å². The van der Waals surface area contributed by atoms with Crippen LogP contribution in [0.4, 0.5) is 0 Å². The van der Waals surface area contributed by atoms with Crippen molar-refractivity contribution in [2.45, 2.75) is 26.4 Å². The van der Waals surface area contributed by atoms with Crippen LogP contribution in [0.2, 0.25) is 0 Å². The molecular weight excluding hydrogens is 192 g/mol. The molecule has 0 aromatic carbocycles. The third-order valence-corrected chi connectivity index (χ3v) is 2.26. The highest BCUT2D eigenvalue weighted by Gasteiger charge is 2.18.